The lowest BCUT2D eigenvalue weighted by Crippen LogP contribution is -2.48. The van der Waals surface area contributed by atoms with Gasteiger partial charge in [0.25, 0.3) is 6.29 Å². The second-order valence-corrected chi connectivity index (χ2v) is 3.44. The van der Waals surface area contributed by atoms with Crippen molar-refractivity contribution < 1.29 is 28.5 Å². The van der Waals surface area contributed by atoms with Crippen LogP contribution in [0.1, 0.15) is 0 Å². The third kappa shape index (κ3) is 1.98. The smallest absolute Gasteiger partial charge is 0.363 e. The van der Waals surface area contributed by atoms with Crippen LogP contribution in [0.15, 0.2) is 0 Å². The van der Waals surface area contributed by atoms with Gasteiger partial charge < -0.3 is 23.7 Å². The molecule has 86 valence electrons. The van der Waals surface area contributed by atoms with Crippen LogP contribution in [0.2, 0.25) is 0 Å². The van der Waals surface area contributed by atoms with Gasteiger partial charge in [-0.3, -0.25) is 0 Å². The molecule has 6 nitrogen and oxygen atoms in total. The maximum Gasteiger partial charge on any atom is 0.363 e. The summed E-state index contributed by atoms with van der Waals surface area (Å²) in [5, 5.41) is 0. The van der Waals surface area contributed by atoms with Crippen molar-refractivity contribution in [1.82, 2.24) is 0 Å². The Morgan fingerprint density at radius 2 is 2.07 bits per heavy atom. The molecule has 2 fully saturated rings. The van der Waals surface area contributed by atoms with Crippen molar-refractivity contribution in [3.63, 3.8) is 0 Å². The first-order chi connectivity index (χ1) is 7.26. The van der Waals surface area contributed by atoms with Crippen LogP contribution < -0.4 is 0 Å². The summed E-state index contributed by atoms with van der Waals surface area (Å²) < 4.78 is 25.7. The van der Waals surface area contributed by atoms with Gasteiger partial charge in [0.15, 0.2) is 0 Å². The zero-order valence-corrected chi connectivity index (χ0v) is 8.67. The number of rotatable bonds is 2. The van der Waals surface area contributed by atoms with E-state index in [4.69, 9.17) is 18.9 Å². The fraction of sp³-hybridized carbons (Fsp3) is 0.889. The Hall–Kier alpha value is -0.690. The lowest BCUT2D eigenvalue weighted by Gasteiger charge is -2.31. The average molecular weight is 218 g/mol. The molecule has 2 saturated heterocycles. The van der Waals surface area contributed by atoms with E-state index in [2.05, 4.69) is 4.74 Å². The summed E-state index contributed by atoms with van der Waals surface area (Å²) in [6, 6.07) is 0. The highest BCUT2D eigenvalue weighted by Crippen LogP contribution is 2.26. The number of esters is 1. The Kier molecular flexibility index (Phi) is 3.20. The summed E-state index contributed by atoms with van der Waals surface area (Å²) in [5.41, 5.74) is 0. The number of carbonyl (C=O) groups is 1. The second-order valence-electron chi connectivity index (χ2n) is 3.44. The van der Waals surface area contributed by atoms with Crippen LogP contribution in [0.25, 0.3) is 0 Å². The summed E-state index contributed by atoms with van der Waals surface area (Å²) in [7, 11) is 2.88. The molecule has 0 aromatic heterocycles. The maximum absolute atomic E-state index is 11.2. The number of ether oxygens (including phenoxy) is 5. The minimum atomic E-state index is -0.962. The number of hydrogen-bond donors (Lipinski definition) is 0. The Bertz CT molecular complexity index is 237. The van der Waals surface area contributed by atoms with Crippen molar-refractivity contribution in [2.45, 2.75) is 24.6 Å². The van der Waals surface area contributed by atoms with Crippen LogP contribution in [-0.2, 0) is 28.5 Å². The van der Waals surface area contributed by atoms with E-state index in [0.717, 1.165) is 0 Å². The number of carbonyl (C=O) groups excluding carboxylic acids is 1. The molecular formula is C9H14O6. The van der Waals surface area contributed by atoms with E-state index >= 15 is 0 Å². The molecule has 2 heterocycles. The molecule has 0 amide bonds. The standard InChI is InChI=1S/C9H14O6/c1-11-5-3-13-6-4-14-9(8(10)12-2)15-7(5)6/h5-7,9H,3-4H2,1-2H3. The lowest BCUT2D eigenvalue weighted by molar-refractivity contribution is -0.252. The molecule has 0 aliphatic carbocycles. The minimum Gasteiger partial charge on any atom is -0.465 e. The summed E-state index contributed by atoms with van der Waals surface area (Å²) >= 11 is 0. The van der Waals surface area contributed by atoms with Crippen LogP contribution in [-0.4, -0.2) is 58.0 Å². The average Bonchev–Trinajstić information content (AvgIpc) is 2.69. The molecule has 0 radical (unpaired) electrons. The zero-order valence-electron chi connectivity index (χ0n) is 8.67. The Morgan fingerprint density at radius 1 is 1.27 bits per heavy atom. The van der Waals surface area contributed by atoms with Gasteiger partial charge in [-0.15, -0.1) is 0 Å². The SMILES string of the molecule is COC(=O)C1OCC2OCC(OC)C2O1. The molecule has 0 aromatic carbocycles. The summed E-state index contributed by atoms with van der Waals surface area (Å²) in [6.07, 6.45) is -1.52. The Labute approximate surface area is 87.4 Å². The first-order valence-corrected chi connectivity index (χ1v) is 4.75. The third-order valence-electron chi connectivity index (χ3n) is 2.60. The molecule has 0 saturated carbocycles. The maximum atomic E-state index is 11.2. The number of methoxy groups -OCH3 is 2. The molecule has 0 bridgehead atoms. The van der Waals surface area contributed by atoms with Crippen molar-refractivity contribution in [1.29, 1.82) is 0 Å². The fourth-order valence-corrected chi connectivity index (χ4v) is 1.75. The molecule has 15 heavy (non-hydrogen) atoms. The monoisotopic (exact) mass is 218 g/mol. The van der Waals surface area contributed by atoms with Crippen LogP contribution in [0.3, 0.4) is 0 Å². The topological polar surface area (TPSA) is 63.2 Å². The fourth-order valence-electron chi connectivity index (χ4n) is 1.75. The van der Waals surface area contributed by atoms with Crippen LogP contribution in [0.5, 0.6) is 0 Å². The van der Waals surface area contributed by atoms with E-state index in [1.807, 2.05) is 0 Å². The van der Waals surface area contributed by atoms with Crippen LogP contribution in [0, 0.1) is 0 Å². The molecular weight excluding hydrogens is 204 g/mol. The van der Waals surface area contributed by atoms with Gasteiger partial charge in [-0.05, 0) is 0 Å². The minimum absolute atomic E-state index is 0.147. The van der Waals surface area contributed by atoms with E-state index in [1.54, 1.807) is 7.11 Å². The lowest BCUT2D eigenvalue weighted by atomic mass is 10.1. The molecule has 0 aromatic rings. The zero-order chi connectivity index (χ0) is 10.8. The van der Waals surface area contributed by atoms with Crippen LogP contribution >= 0.6 is 0 Å². The van der Waals surface area contributed by atoms with Gasteiger partial charge in [0.1, 0.15) is 18.3 Å². The van der Waals surface area contributed by atoms with Gasteiger partial charge in [-0.2, -0.15) is 0 Å². The van der Waals surface area contributed by atoms with Gasteiger partial charge in [0, 0.05) is 7.11 Å². The highest BCUT2D eigenvalue weighted by Gasteiger charge is 2.45. The van der Waals surface area contributed by atoms with Crippen molar-refractivity contribution in [3.8, 4) is 0 Å². The largest absolute Gasteiger partial charge is 0.465 e. The third-order valence-corrected chi connectivity index (χ3v) is 2.60. The first-order valence-electron chi connectivity index (χ1n) is 4.75. The van der Waals surface area contributed by atoms with E-state index in [1.165, 1.54) is 7.11 Å². The summed E-state index contributed by atoms with van der Waals surface area (Å²) in [4.78, 5) is 11.2. The molecule has 4 unspecified atom stereocenters. The van der Waals surface area contributed by atoms with Crippen molar-refractivity contribution in [2.75, 3.05) is 27.4 Å². The van der Waals surface area contributed by atoms with Crippen LogP contribution in [0.4, 0.5) is 0 Å². The number of fused-ring (bicyclic) bond motifs is 1. The summed E-state index contributed by atoms with van der Waals surface area (Å²) in [6.45, 7) is 0.785. The van der Waals surface area contributed by atoms with E-state index in [9.17, 15) is 4.79 Å². The highest BCUT2D eigenvalue weighted by molar-refractivity contribution is 5.73. The van der Waals surface area contributed by atoms with Gasteiger partial charge in [-0.1, -0.05) is 0 Å². The van der Waals surface area contributed by atoms with E-state index < -0.39 is 12.3 Å². The predicted molar refractivity (Wildman–Crippen MR) is 47.2 cm³/mol. The molecule has 0 N–H and O–H groups in total. The molecule has 6 heteroatoms. The van der Waals surface area contributed by atoms with E-state index in [-0.39, 0.29) is 18.3 Å². The molecule has 0 spiro atoms. The van der Waals surface area contributed by atoms with Gasteiger partial charge in [0.05, 0.1) is 20.3 Å². The molecule has 2 aliphatic rings. The predicted octanol–water partition coefficient (Wildman–Crippen LogP) is -0.685. The van der Waals surface area contributed by atoms with Gasteiger partial charge in [-0.25, -0.2) is 4.79 Å². The Balaban J connectivity index is 1.98. The quantitative estimate of drug-likeness (QED) is 0.572. The van der Waals surface area contributed by atoms with Gasteiger partial charge >= 0.3 is 5.97 Å². The molecule has 4 atom stereocenters. The molecule has 2 rings (SSSR count). The van der Waals surface area contributed by atoms with Crippen molar-refractivity contribution >= 4 is 5.97 Å². The molecule has 2 aliphatic heterocycles. The highest BCUT2D eigenvalue weighted by atomic mass is 16.7. The van der Waals surface area contributed by atoms with Gasteiger partial charge in [0.2, 0.25) is 0 Å². The summed E-state index contributed by atoms with van der Waals surface area (Å²) in [5.74, 6) is -0.532. The van der Waals surface area contributed by atoms with Crippen molar-refractivity contribution in [3.05, 3.63) is 0 Å². The number of hydrogen-bond acceptors (Lipinski definition) is 6. The second kappa shape index (κ2) is 4.44. The Morgan fingerprint density at radius 3 is 2.73 bits per heavy atom. The van der Waals surface area contributed by atoms with E-state index in [0.29, 0.717) is 13.2 Å². The first kappa shape index (κ1) is 10.8. The normalized spacial score (nSPS) is 39.9. The van der Waals surface area contributed by atoms with Crippen molar-refractivity contribution in [2.24, 2.45) is 0 Å².